The molecule has 4 heteroatoms. The highest BCUT2D eigenvalue weighted by molar-refractivity contribution is 5.93. The molecule has 0 aromatic carbocycles. The summed E-state index contributed by atoms with van der Waals surface area (Å²) in [5, 5.41) is 2.86. The second kappa shape index (κ2) is 3.72. The summed E-state index contributed by atoms with van der Waals surface area (Å²) in [4.78, 5) is 26.1. The number of amides is 2. The Hall–Kier alpha value is -1.06. The summed E-state index contributed by atoms with van der Waals surface area (Å²) < 4.78 is 0. The molecule has 1 heterocycles. The lowest BCUT2D eigenvalue weighted by molar-refractivity contribution is -0.139. The normalized spacial score (nSPS) is 36.5. The van der Waals surface area contributed by atoms with Gasteiger partial charge in [-0.25, -0.2) is 0 Å². The van der Waals surface area contributed by atoms with Crippen LogP contribution in [0, 0.1) is 5.41 Å². The van der Waals surface area contributed by atoms with Gasteiger partial charge in [0.15, 0.2) is 0 Å². The third-order valence-corrected chi connectivity index (χ3v) is 4.27. The van der Waals surface area contributed by atoms with Crippen LogP contribution >= 0.6 is 0 Å². The minimum atomic E-state index is -0.716. The minimum absolute atomic E-state index is 0.0105. The number of nitrogens with zero attached hydrogens (tertiary/aromatic N) is 1. The molecule has 1 N–H and O–H groups in total. The van der Waals surface area contributed by atoms with Crippen molar-refractivity contribution in [2.75, 3.05) is 6.54 Å². The second-order valence-electron chi connectivity index (χ2n) is 6.19. The molecule has 17 heavy (non-hydrogen) atoms. The fraction of sp³-hybridized carbons (Fsp3) is 0.846. The Morgan fingerprint density at radius 1 is 1.35 bits per heavy atom. The van der Waals surface area contributed by atoms with E-state index in [1.807, 2.05) is 18.7 Å². The second-order valence-corrected chi connectivity index (χ2v) is 6.19. The molecule has 2 atom stereocenters. The van der Waals surface area contributed by atoms with Gasteiger partial charge in [-0.3, -0.25) is 9.59 Å². The van der Waals surface area contributed by atoms with Gasteiger partial charge in [0, 0.05) is 19.0 Å². The summed E-state index contributed by atoms with van der Waals surface area (Å²) >= 11 is 0. The van der Waals surface area contributed by atoms with E-state index in [9.17, 15) is 9.59 Å². The molecule has 0 aromatic heterocycles. The molecule has 1 aliphatic carbocycles. The summed E-state index contributed by atoms with van der Waals surface area (Å²) in [5.74, 6) is 0.0741. The van der Waals surface area contributed by atoms with E-state index in [-0.39, 0.29) is 17.2 Å². The first-order valence-electron chi connectivity index (χ1n) is 6.42. The molecule has 1 saturated carbocycles. The number of hydrogen-bond donors (Lipinski definition) is 1. The average molecular weight is 238 g/mol. The Balaban J connectivity index is 2.23. The van der Waals surface area contributed by atoms with E-state index in [0.29, 0.717) is 25.4 Å². The lowest BCUT2D eigenvalue weighted by Gasteiger charge is -2.32. The molecule has 2 unspecified atom stereocenters. The molecular formula is C13H22N2O2. The van der Waals surface area contributed by atoms with Crippen molar-refractivity contribution in [3.8, 4) is 0 Å². The molecule has 1 saturated heterocycles. The summed E-state index contributed by atoms with van der Waals surface area (Å²) in [6, 6.07) is 0.313. The molecule has 2 rings (SSSR count). The van der Waals surface area contributed by atoms with Crippen LogP contribution < -0.4 is 5.32 Å². The van der Waals surface area contributed by atoms with Gasteiger partial charge < -0.3 is 10.2 Å². The predicted molar refractivity (Wildman–Crippen MR) is 65.4 cm³/mol. The van der Waals surface area contributed by atoms with Crippen LogP contribution in [0.15, 0.2) is 0 Å². The highest BCUT2D eigenvalue weighted by Crippen LogP contribution is 2.49. The maximum Gasteiger partial charge on any atom is 0.248 e. The van der Waals surface area contributed by atoms with E-state index in [1.165, 1.54) is 0 Å². The third-order valence-electron chi connectivity index (χ3n) is 4.27. The molecule has 2 aliphatic rings. The van der Waals surface area contributed by atoms with E-state index < -0.39 is 5.54 Å². The van der Waals surface area contributed by atoms with E-state index in [1.54, 1.807) is 0 Å². The van der Waals surface area contributed by atoms with Gasteiger partial charge in [-0.2, -0.15) is 0 Å². The summed E-state index contributed by atoms with van der Waals surface area (Å²) in [7, 11) is 0. The van der Waals surface area contributed by atoms with E-state index in [2.05, 4.69) is 19.2 Å². The van der Waals surface area contributed by atoms with Gasteiger partial charge in [-0.1, -0.05) is 20.8 Å². The molecule has 2 fully saturated rings. The fourth-order valence-corrected chi connectivity index (χ4v) is 2.57. The summed E-state index contributed by atoms with van der Waals surface area (Å²) in [6.07, 6.45) is 2.11. The van der Waals surface area contributed by atoms with Crippen LogP contribution in [0.1, 0.15) is 47.0 Å². The SMILES string of the molecule is CCC1(C)NC(=O)CCN(C2CC2(C)C)C1=O. The molecule has 0 bridgehead atoms. The average Bonchev–Trinajstić information content (AvgIpc) is 2.88. The van der Waals surface area contributed by atoms with Gasteiger partial charge in [0.1, 0.15) is 5.54 Å². The smallest absolute Gasteiger partial charge is 0.248 e. The van der Waals surface area contributed by atoms with E-state index in [4.69, 9.17) is 0 Å². The van der Waals surface area contributed by atoms with Gasteiger partial charge in [0.25, 0.3) is 0 Å². The van der Waals surface area contributed by atoms with Crippen molar-refractivity contribution >= 4 is 11.8 Å². The van der Waals surface area contributed by atoms with Crippen LogP contribution in [0.3, 0.4) is 0 Å². The molecular weight excluding hydrogens is 216 g/mol. The first-order chi connectivity index (χ1) is 7.80. The first kappa shape index (κ1) is 12.4. The minimum Gasteiger partial charge on any atom is -0.342 e. The number of carbonyl (C=O) groups excluding carboxylic acids is 2. The van der Waals surface area contributed by atoms with Crippen molar-refractivity contribution < 1.29 is 9.59 Å². The van der Waals surface area contributed by atoms with Crippen molar-refractivity contribution in [1.82, 2.24) is 10.2 Å². The monoisotopic (exact) mass is 238 g/mol. The third kappa shape index (κ3) is 2.05. The molecule has 96 valence electrons. The highest BCUT2D eigenvalue weighted by atomic mass is 16.2. The van der Waals surface area contributed by atoms with Crippen molar-refractivity contribution in [1.29, 1.82) is 0 Å². The van der Waals surface area contributed by atoms with Crippen molar-refractivity contribution in [2.45, 2.75) is 58.5 Å². The van der Waals surface area contributed by atoms with Gasteiger partial charge in [-0.15, -0.1) is 0 Å². The summed E-state index contributed by atoms with van der Waals surface area (Å²) in [6.45, 7) is 8.69. The van der Waals surface area contributed by atoms with Crippen LogP contribution in [-0.2, 0) is 9.59 Å². The highest BCUT2D eigenvalue weighted by Gasteiger charge is 2.54. The Bertz CT molecular complexity index is 364. The van der Waals surface area contributed by atoms with Gasteiger partial charge in [0.05, 0.1) is 0 Å². The van der Waals surface area contributed by atoms with Gasteiger partial charge >= 0.3 is 0 Å². The van der Waals surface area contributed by atoms with Crippen LogP contribution in [0.4, 0.5) is 0 Å². The molecule has 0 aromatic rings. The largest absolute Gasteiger partial charge is 0.342 e. The van der Waals surface area contributed by atoms with Crippen molar-refractivity contribution in [3.63, 3.8) is 0 Å². The summed E-state index contributed by atoms with van der Waals surface area (Å²) in [5.41, 5.74) is -0.496. The van der Waals surface area contributed by atoms with Crippen LogP contribution in [-0.4, -0.2) is 34.8 Å². The van der Waals surface area contributed by atoms with Gasteiger partial charge in [-0.05, 0) is 25.2 Å². The number of nitrogens with one attached hydrogen (secondary N) is 1. The Kier molecular flexibility index (Phi) is 2.71. The van der Waals surface area contributed by atoms with E-state index in [0.717, 1.165) is 6.42 Å². The van der Waals surface area contributed by atoms with Crippen LogP contribution in [0.2, 0.25) is 0 Å². The lowest BCUT2D eigenvalue weighted by atomic mass is 9.97. The zero-order chi connectivity index (χ0) is 12.8. The number of carbonyl (C=O) groups is 2. The quantitative estimate of drug-likeness (QED) is 0.788. The van der Waals surface area contributed by atoms with Crippen LogP contribution in [0.25, 0.3) is 0 Å². The predicted octanol–water partition coefficient (Wildman–Crippen LogP) is 1.30. The Morgan fingerprint density at radius 3 is 2.41 bits per heavy atom. The molecule has 0 spiro atoms. The number of hydrogen-bond acceptors (Lipinski definition) is 2. The molecule has 1 aliphatic heterocycles. The Labute approximate surface area is 103 Å². The maximum absolute atomic E-state index is 12.5. The Morgan fingerprint density at radius 2 is 1.94 bits per heavy atom. The lowest BCUT2D eigenvalue weighted by Crippen LogP contribution is -2.55. The van der Waals surface area contributed by atoms with Crippen molar-refractivity contribution in [2.24, 2.45) is 5.41 Å². The number of rotatable bonds is 2. The van der Waals surface area contributed by atoms with Crippen molar-refractivity contribution in [3.05, 3.63) is 0 Å². The topological polar surface area (TPSA) is 49.4 Å². The molecule has 0 radical (unpaired) electrons. The van der Waals surface area contributed by atoms with E-state index >= 15 is 0 Å². The standard InChI is InChI=1S/C13H22N2O2/c1-5-13(4)11(17)15(7-6-10(16)14-13)9-8-12(9,2)3/h9H,5-8H2,1-4H3,(H,14,16). The van der Waals surface area contributed by atoms with Crippen LogP contribution in [0.5, 0.6) is 0 Å². The zero-order valence-electron chi connectivity index (χ0n) is 11.2. The zero-order valence-corrected chi connectivity index (χ0v) is 11.2. The fourth-order valence-electron chi connectivity index (χ4n) is 2.57. The maximum atomic E-state index is 12.5. The molecule has 2 amide bonds. The molecule has 4 nitrogen and oxygen atoms in total. The first-order valence-corrected chi connectivity index (χ1v) is 6.42. The van der Waals surface area contributed by atoms with Gasteiger partial charge in [0.2, 0.25) is 11.8 Å².